The van der Waals surface area contributed by atoms with Gasteiger partial charge >= 0.3 is 11.9 Å². The van der Waals surface area contributed by atoms with E-state index in [1.165, 1.54) is 0 Å². The Morgan fingerprint density at radius 2 is 1.54 bits per heavy atom. The van der Waals surface area contributed by atoms with E-state index in [9.17, 15) is 9.59 Å². The molecule has 0 aliphatic carbocycles. The highest BCUT2D eigenvalue weighted by atomic mass is 35.5. The quantitative estimate of drug-likeness (QED) is 0.201. The maximum absolute atomic E-state index is 12.8. The van der Waals surface area contributed by atoms with Crippen molar-refractivity contribution in [3.05, 3.63) is 100 Å². The van der Waals surface area contributed by atoms with E-state index in [1.54, 1.807) is 26.8 Å². The summed E-state index contributed by atoms with van der Waals surface area (Å²) < 4.78 is 16.5. The molecule has 1 atom stereocenters. The summed E-state index contributed by atoms with van der Waals surface area (Å²) in [6.07, 6.45) is -0.456. The van der Waals surface area contributed by atoms with Gasteiger partial charge in [-0.2, -0.15) is 0 Å². The van der Waals surface area contributed by atoms with E-state index in [2.05, 4.69) is 5.16 Å². The predicted octanol–water partition coefficient (Wildman–Crippen LogP) is 7.66. The summed E-state index contributed by atoms with van der Waals surface area (Å²) in [7, 11) is 0. The predicted molar refractivity (Wildman–Crippen MR) is 151 cm³/mol. The molecule has 3 aromatic carbocycles. The van der Waals surface area contributed by atoms with Gasteiger partial charge in [0.05, 0.1) is 24.1 Å². The second kappa shape index (κ2) is 11.9. The molecule has 39 heavy (non-hydrogen) atoms. The van der Waals surface area contributed by atoms with Crippen LogP contribution in [0.15, 0.2) is 77.3 Å². The number of carbonyl (C=O) groups excluding carboxylic acids is 2. The van der Waals surface area contributed by atoms with Crippen LogP contribution in [0, 0.1) is 6.92 Å². The number of hydrogen-bond donors (Lipinski definition) is 0. The second-order valence-electron chi connectivity index (χ2n) is 9.91. The van der Waals surface area contributed by atoms with E-state index in [0.29, 0.717) is 28.6 Å². The number of aromatic nitrogens is 1. The minimum Gasteiger partial charge on any atom is -0.465 e. The largest absolute Gasteiger partial charge is 0.465 e. The summed E-state index contributed by atoms with van der Waals surface area (Å²) in [5.74, 6) is -0.104. The molecule has 0 N–H and O–H groups in total. The smallest absolute Gasteiger partial charge is 0.315 e. The Morgan fingerprint density at radius 3 is 2.15 bits per heavy atom. The summed E-state index contributed by atoms with van der Waals surface area (Å²) >= 11 is 6.25. The van der Waals surface area contributed by atoms with Gasteiger partial charge in [-0.25, -0.2) is 0 Å². The summed E-state index contributed by atoms with van der Waals surface area (Å²) in [5, 5.41) is 4.65. The first kappa shape index (κ1) is 28.1. The standard InChI is InChI=1S/C32H32ClNO5/c1-6-37-31(36)32(4,5)25-17-15-23(16-18-25)22-11-13-24(14-12-22)30-27(20(2)34-39-30)19-29(35)38-21(3)26-9-7-8-10-28(26)33/h7-18,21H,6,19H2,1-5H3. The summed E-state index contributed by atoms with van der Waals surface area (Å²) in [6.45, 7) is 9.47. The first-order valence-electron chi connectivity index (χ1n) is 12.9. The van der Waals surface area contributed by atoms with Crippen LogP contribution in [0.2, 0.25) is 5.02 Å². The van der Waals surface area contributed by atoms with Gasteiger partial charge in [0.25, 0.3) is 0 Å². The fourth-order valence-corrected chi connectivity index (χ4v) is 4.69. The molecule has 0 aliphatic heterocycles. The molecule has 0 fully saturated rings. The maximum Gasteiger partial charge on any atom is 0.315 e. The van der Waals surface area contributed by atoms with Crippen molar-refractivity contribution in [2.45, 2.75) is 52.6 Å². The van der Waals surface area contributed by atoms with Crippen molar-refractivity contribution < 1.29 is 23.6 Å². The van der Waals surface area contributed by atoms with E-state index in [1.807, 2.05) is 80.6 Å². The highest BCUT2D eigenvalue weighted by Crippen LogP contribution is 2.32. The van der Waals surface area contributed by atoms with Gasteiger partial charge in [-0.05, 0) is 57.4 Å². The van der Waals surface area contributed by atoms with E-state index < -0.39 is 17.5 Å². The monoisotopic (exact) mass is 545 g/mol. The van der Waals surface area contributed by atoms with Crippen molar-refractivity contribution in [3.8, 4) is 22.5 Å². The van der Waals surface area contributed by atoms with Crippen LogP contribution in [0.5, 0.6) is 0 Å². The molecule has 0 aliphatic rings. The number of hydrogen-bond acceptors (Lipinski definition) is 6. The van der Waals surface area contributed by atoms with Gasteiger partial charge in [-0.1, -0.05) is 83.5 Å². The average Bonchev–Trinajstić information content (AvgIpc) is 3.28. The van der Waals surface area contributed by atoms with Crippen LogP contribution in [0.25, 0.3) is 22.5 Å². The molecule has 7 heteroatoms. The third-order valence-electron chi connectivity index (χ3n) is 6.83. The molecule has 0 spiro atoms. The van der Waals surface area contributed by atoms with Gasteiger partial charge < -0.3 is 14.0 Å². The summed E-state index contributed by atoms with van der Waals surface area (Å²) in [5.41, 5.74) is 5.05. The number of esters is 2. The topological polar surface area (TPSA) is 78.6 Å². The van der Waals surface area contributed by atoms with Gasteiger partial charge in [-0.15, -0.1) is 0 Å². The van der Waals surface area contributed by atoms with Crippen LogP contribution in [0.3, 0.4) is 0 Å². The van der Waals surface area contributed by atoms with Gasteiger partial charge in [0.1, 0.15) is 6.10 Å². The number of aryl methyl sites for hydroxylation is 1. The van der Waals surface area contributed by atoms with Crippen molar-refractivity contribution in [1.82, 2.24) is 5.16 Å². The van der Waals surface area contributed by atoms with E-state index in [0.717, 1.165) is 27.8 Å². The highest BCUT2D eigenvalue weighted by Gasteiger charge is 2.31. The number of halogens is 1. The number of benzene rings is 3. The molecule has 0 radical (unpaired) electrons. The fourth-order valence-electron chi connectivity index (χ4n) is 4.40. The lowest BCUT2D eigenvalue weighted by atomic mass is 9.84. The van der Waals surface area contributed by atoms with Gasteiger partial charge in [0.15, 0.2) is 5.76 Å². The Bertz CT molecular complexity index is 1450. The lowest BCUT2D eigenvalue weighted by molar-refractivity contribution is -0.149. The molecule has 6 nitrogen and oxygen atoms in total. The summed E-state index contributed by atoms with van der Waals surface area (Å²) in [6, 6.07) is 23.0. The van der Waals surface area contributed by atoms with E-state index in [-0.39, 0.29) is 12.4 Å². The van der Waals surface area contributed by atoms with Crippen molar-refractivity contribution >= 4 is 23.5 Å². The Balaban J connectivity index is 1.48. The van der Waals surface area contributed by atoms with Gasteiger partial charge in [0.2, 0.25) is 0 Å². The lowest BCUT2D eigenvalue weighted by Crippen LogP contribution is -2.31. The Kier molecular flexibility index (Phi) is 8.56. The van der Waals surface area contributed by atoms with Gasteiger partial charge in [-0.3, -0.25) is 9.59 Å². The van der Waals surface area contributed by atoms with Crippen molar-refractivity contribution in [1.29, 1.82) is 0 Å². The average molecular weight is 546 g/mol. The van der Waals surface area contributed by atoms with Crippen LogP contribution in [-0.2, 0) is 30.9 Å². The number of carbonyl (C=O) groups is 2. The molecule has 0 saturated heterocycles. The minimum atomic E-state index is -0.731. The van der Waals surface area contributed by atoms with Crippen molar-refractivity contribution in [2.75, 3.05) is 6.61 Å². The second-order valence-corrected chi connectivity index (χ2v) is 10.3. The molecule has 0 saturated carbocycles. The first-order chi connectivity index (χ1) is 18.6. The van der Waals surface area contributed by atoms with Gasteiger partial charge in [0, 0.05) is 21.7 Å². The van der Waals surface area contributed by atoms with E-state index in [4.69, 9.17) is 25.6 Å². The Hall–Kier alpha value is -3.90. The molecule has 1 heterocycles. The normalized spacial score (nSPS) is 12.2. The zero-order chi connectivity index (χ0) is 28.2. The maximum atomic E-state index is 12.8. The van der Waals surface area contributed by atoms with Crippen molar-refractivity contribution in [2.24, 2.45) is 0 Å². The Labute approximate surface area is 233 Å². The third-order valence-corrected chi connectivity index (χ3v) is 7.17. The van der Waals surface area contributed by atoms with Crippen LogP contribution in [-0.4, -0.2) is 23.7 Å². The van der Waals surface area contributed by atoms with Crippen LogP contribution < -0.4 is 0 Å². The SMILES string of the molecule is CCOC(=O)C(C)(C)c1ccc(-c2ccc(-c3onc(C)c3CC(=O)OC(C)c3ccccc3Cl)cc2)cc1. The molecule has 4 aromatic rings. The van der Waals surface area contributed by atoms with E-state index >= 15 is 0 Å². The fraction of sp³-hybridized carbons (Fsp3) is 0.281. The van der Waals surface area contributed by atoms with Crippen LogP contribution in [0.1, 0.15) is 56.2 Å². The molecule has 0 amide bonds. The molecule has 0 bridgehead atoms. The van der Waals surface area contributed by atoms with Crippen molar-refractivity contribution in [3.63, 3.8) is 0 Å². The van der Waals surface area contributed by atoms with Crippen LogP contribution in [0.4, 0.5) is 0 Å². The molecule has 1 aromatic heterocycles. The minimum absolute atomic E-state index is 0.0267. The molecular weight excluding hydrogens is 514 g/mol. The number of nitrogens with zero attached hydrogens (tertiary/aromatic N) is 1. The molecular formula is C32H32ClNO5. The third kappa shape index (κ3) is 6.23. The highest BCUT2D eigenvalue weighted by molar-refractivity contribution is 6.31. The first-order valence-corrected chi connectivity index (χ1v) is 13.3. The molecule has 4 rings (SSSR count). The lowest BCUT2D eigenvalue weighted by Gasteiger charge is -2.23. The number of ether oxygens (including phenoxy) is 2. The summed E-state index contributed by atoms with van der Waals surface area (Å²) in [4.78, 5) is 25.1. The molecule has 202 valence electrons. The zero-order valence-electron chi connectivity index (χ0n) is 22.8. The Morgan fingerprint density at radius 1 is 0.949 bits per heavy atom. The van der Waals surface area contributed by atoms with Crippen LogP contribution >= 0.6 is 11.6 Å². The zero-order valence-corrected chi connectivity index (χ0v) is 23.5. The number of rotatable bonds is 9. The molecule has 1 unspecified atom stereocenters.